The van der Waals surface area contributed by atoms with Crippen LogP contribution in [-0.4, -0.2) is 41.7 Å². The van der Waals surface area contributed by atoms with E-state index in [0.29, 0.717) is 5.56 Å². The number of nitrogens with one attached hydrogen (secondary N) is 3. The number of aromatic nitrogens is 2. The molecule has 0 bridgehead atoms. The molecule has 1 aromatic carbocycles. The first kappa shape index (κ1) is 18.6. The van der Waals surface area contributed by atoms with Crippen molar-refractivity contribution in [1.82, 2.24) is 25.7 Å². The van der Waals surface area contributed by atoms with Crippen LogP contribution in [0.3, 0.4) is 0 Å². The lowest BCUT2D eigenvalue weighted by atomic mass is 10.1. The molecule has 2 aromatic rings. The third-order valence-corrected chi connectivity index (χ3v) is 3.75. The van der Waals surface area contributed by atoms with Crippen LogP contribution < -0.4 is 16.0 Å². The Hall–Kier alpha value is -2.74. The minimum absolute atomic E-state index is 0.217. The number of likely N-dealkylation sites (N-methyl/N-ethyl adjacent to an activating group) is 1. The molecule has 2 rings (SSSR count). The predicted octanol–water partition coefficient (Wildman–Crippen LogP) is 0.674. The molecule has 0 aliphatic rings. The molecule has 7 nitrogen and oxygen atoms in total. The Morgan fingerprint density at radius 1 is 1.28 bits per heavy atom. The maximum Gasteiger partial charge on any atom is 0.251 e. The van der Waals surface area contributed by atoms with Crippen LogP contribution in [0.1, 0.15) is 27.5 Å². The summed E-state index contributed by atoms with van der Waals surface area (Å²) in [5.41, 5.74) is 1.48. The van der Waals surface area contributed by atoms with E-state index in [1.165, 1.54) is 6.07 Å². The number of amides is 2. The molecular formula is C17H22FN5O2. The highest BCUT2D eigenvalue weighted by molar-refractivity contribution is 5.94. The number of nitrogens with zero attached hydrogens (tertiary/aromatic N) is 2. The number of carbonyl (C=O) groups is 2. The highest BCUT2D eigenvalue weighted by Gasteiger charge is 2.19. The molecule has 25 heavy (non-hydrogen) atoms. The fraction of sp³-hybridized carbons (Fsp3) is 0.353. The van der Waals surface area contributed by atoms with Gasteiger partial charge < -0.3 is 16.0 Å². The normalized spacial score (nSPS) is 11.8. The molecule has 3 N–H and O–H groups in total. The van der Waals surface area contributed by atoms with E-state index < -0.39 is 11.9 Å². The topological polar surface area (TPSA) is 88.1 Å². The second-order valence-electron chi connectivity index (χ2n) is 5.68. The number of hydrogen-bond donors (Lipinski definition) is 3. The van der Waals surface area contributed by atoms with Crippen molar-refractivity contribution in [3.63, 3.8) is 0 Å². The quantitative estimate of drug-likeness (QED) is 0.643. The van der Waals surface area contributed by atoms with Crippen molar-refractivity contribution in [3.05, 3.63) is 53.1 Å². The lowest BCUT2D eigenvalue weighted by Gasteiger charge is -2.14. The van der Waals surface area contributed by atoms with Crippen molar-refractivity contribution < 1.29 is 14.0 Å². The summed E-state index contributed by atoms with van der Waals surface area (Å²) < 4.78 is 15.1. The number of rotatable bonds is 7. The fourth-order valence-corrected chi connectivity index (χ4v) is 2.34. The standard InChI is InChI=1S/C17H22FN5O2/c1-11-4-5-12(8-14(11)18)16(24)20-6-7-21-17(25)15(19-2)13-9-22-23(3)10-13/h4-5,8-10,15,19H,6-7H2,1-3H3,(H,20,24)(H,21,25). The first-order valence-corrected chi connectivity index (χ1v) is 7.90. The van der Waals surface area contributed by atoms with Crippen molar-refractivity contribution in [2.75, 3.05) is 20.1 Å². The largest absolute Gasteiger partial charge is 0.353 e. The summed E-state index contributed by atoms with van der Waals surface area (Å²) in [6.07, 6.45) is 3.38. The number of aryl methyl sites for hydroxylation is 2. The predicted molar refractivity (Wildman–Crippen MR) is 91.5 cm³/mol. The van der Waals surface area contributed by atoms with Crippen molar-refractivity contribution in [1.29, 1.82) is 0 Å². The Kier molecular flexibility index (Phi) is 6.24. The van der Waals surface area contributed by atoms with E-state index in [4.69, 9.17) is 0 Å². The average Bonchev–Trinajstić information content (AvgIpc) is 3.00. The third kappa shape index (κ3) is 4.87. The maximum absolute atomic E-state index is 13.5. The summed E-state index contributed by atoms with van der Waals surface area (Å²) in [7, 11) is 3.46. The fourth-order valence-electron chi connectivity index (χ4n) is 2.34. The zero-order chi connectivity index (χ0) is 18.4. The van der Waals surface area contributed by atoms with Gasteiger partial charge in [0.25, 0.3) is 5.91 Å². The van der Waals surface area contributed by atoms with Gasteiger partial charge in [-0.3, -0.25) is 14.3 Å². The highest BCUT2D eigenvalue weighted by atomic mass is 19.1. The smallest absolute Gasteiger partial charge is 0.251 e. The maximum atomic E-state index is 13.5. The van der Waals surface area contributed by atoms with Gasteiger partial charge in [-0.25, -0.2) is 4.39 Å². The lowest BCUT2D eigenvalue weighted by molar-refractivity contribution is -0.123. The summed E-state index contributed by atoms with van der Waals surface area (Å²) in [6, 6.07) is 3.79. The zero-order valence-electron chi connectivity index (χ0n) is 14.5. The summed E-state index contributed by atoms with van der Waals surface area (Å²) in [5.74, 6) is -1.02. The van der Waals surface area contributed by atoms with Crippen LogP contribution in [0.15, 0.2) is 30.6 Å². The third-order valence-electron chi connectivity index (χ3n) is 3.75. The van der Waals surface area contributed by atoms with Crippen LogP contribution in [0, 0.1) is 12.7 Å². The SMILES string of the molecule is CNC(C(=O)NCCNC(=O)c1ccc(C)c(F)c1)c1cnn(C)c1. The van der Waals surface area contributed by atoms with Gasteiger partial charge in [0.05, 0.1) is 6.20 Å². The molecule has 0 spiro atoms. The molecule has 0 radical (unpaired) electrons. The number of halogens is 1. The lowest BCUT2D eigenvalue weighted by Crippen LogP contribution is -2.40. The molecular weight excluding hydrogens is 325 g/mol. The first-order chi connectivity index (χ1) is 11.9. The number of hydrogen-bond acceptors (Lipinski definition) is 4. The van der Waals surface area contributed by atoms with Crippen LogP contribution in [0.2, 0.25) is 0 Å². The zero-order valence-corrected chi connectivity index (χ0v) is 14.5. The van der Waals surface area contributed by atoms with Gasteiger partial charge in [-0.1, -0.05) is 6.07 Å². The van der Waals surface area contributed by atoms with Gasteiger partial charge >= 0.3 is 0 Å². The van der Waals surface area contributed by atoms with Crippen LogP contribution in [0.4, 0.5) is 4.39 Å². The Bertz CT molecular complexity index is 759. The summed E-state index contributed by atoms with van der Waals surface area (Å²) in [6.45, 7) is 2.13. The molecule has 1 unspecified atom stereocenters. The van der Waals surface area contributed by atoms with E-state index in [1.54, 1.807) is 50.2 Å². The summed E-state index contributed by atoms with van der Waals surface area (Å²) >= 11 is 0. The molecule has 1 heterocycles. The summed E-state index contributed by atoms with van der Waals surface area (Å²) in [5, 5.41) is 12.4. The van der Waals surface area contributed by atoms with Gasteiger partial charge in [-0.2, -0.15) is 5.10 Å². The minimum Gasteiger partial charge on any atom is -0.353 e. The van der Waals surface area contributed by atoms with Gasteiger partial charge in [0.15, 0.2) is 0 Å². The molecule has 1 atom stereocenters. The Morgan fingerprint density at radius 2 is 2.00 bits per heavy atom. The van der Waals surface area contributed by atoms with Gasteiger partial charge in [0, 0.05) is 37.5 Å². The van der Waals surface area contributed by atoms with Gasteiger partial charge in [0.2, 0.25) is 5.91 Å². The molecule has 134 valence electrons. The van der Waals surface area contributed by atoms with Crippen molar-refractivity contribution >= 4 is 11.8 Å². The van der Waals surface area contributed by atoms with Crippen molar-refractivity contribution in [2.45, 2.75) is 13.0 Å². The molecule has 8 heteroatoms. The Labute approximate surface area is 145 Å². The van der Waals surface area contributed by atoms with Crippen LogP contribution >= 0.6 is 0 Å². The Balaban J connectivity index is 1.80. The van der Waals surface area contributed by atoms with Gasteiger partial charge in [0.1, 0.15) is 11.9 Å². The average molecular weight is 347 g/mol. The molecule has 2 amide bonds. The number of benzene rings is 1. The van der Waals surface area contributed by atoms with Crippen LogP contribution in [-0.2, 0) is 11.8 Å². The van der Waals surface area contributed by atoms with E-state index in [9.17, 15) is 14.0 Å². The van der Waals surface area contributed by atoms with E-state index in [1.807, 2.05) is 0 Å². The van der Waals surface area contributed by atoms with Gasteiger partial charge in [-0.15, -0.1) is 0 Å². The highest BCUT2D eigenvalue weighted by Crippen LogP contribution is 2.11. The number of carbonyl (C=O) groups excluding carboxylic acids is 2. The molecule has 0 saturated heterocycles. The van der Waals surface area contributed by atoms with Crippen LogP contribution in [0.25, 0.3) is 0 Å². The molecule has 0 saturated carbocycles. The van der Waals surface area contributed by atoms with Crippen LogP contribution in [0.5, 0.6) is 0 Å². The summed E-state index contributed by atoms with van der Waals surface area (Å²) in [4.78, 5) is 24.2. The first-order valence-electron chi connectivity index (χ1n) is 7.90. The van der Waals surface area contributed by atoms with Crippen molar-refractivity contribution in [3.8, 4) is 0 Å². The van der Waals surface area contributed by atoms with E-state index >= 15 is 0 Å². The Morgan fingerprint density at radius 3 is 2.60 bits per heavy atom. The second-order valence-corrected chi connectivity index (χ2v) is 5.68. The molecule has 0 aliphatic carbocycles. The second kappa shape index (κ2) is 8.39. The van der Waals surface area contributed by atoms with Crippen molar-refractivity contribution in [2.24, 2.45) is 7.05 Å². The molecule has 0 aliphatic heterocycles. The monoisotopic (exact) mass is 347 g/mol. The van der Waals surface area contributed by atoms with E-state index in [0.717, 1.165) is 5.56 Å². The molecule has 0 fully saturated rings. The van der Waals surface area contributed by atoms with E-state index in [2.05, 4.69) is 21.0 Å². The van der Waals surface area contributed by atoms with E-state index in [-0.39, 0.29) is 30.5 Å². The van der Waals surface area contributed by atoms with Gasteiger partial charge in [-0.05, 0) is 31.7 Å². The minimum atomic E-state index is -0.518. The molecule has 1 aromatic heterocycles.